The van der Waals surface area contributed by atoms with Gasteiger partial charge < -0.3 is 10.5 Å². The Labute approximate surface area is 164 Å². The van der Waals surface area contributed by atoms with E-state index in [1.165, 1.54) is 12.1 Å². The Morgan fingerprint density at radius 1 is 1.07 bits per heavy atom. The minimum Gasteiger partial charge on any atom is -0.364 e. The third-order valence-corrected chi connectivity index (χ3v) is 4.68. The third kappa shape index (κ3) is 3.70. The number of hydrogen-bond acceptors (Lipinski definition) is 5. The molecule has 0 saturated carbocycles. The Balaban J connectivity index is 1.79. The topological polar surface area (TPSA) is 103 Å². The SMILES string of the molecule is NC(=O)c1cc(-c2ccc(F)cc2)c2ccc(CN3C(=O)COCC3=O)cc2n1. The summed E-state index contributed by atoms with van der Waals surface area (Å²) in [6.07, 6.45) is 0. The van der Waals surface area contributed by atoms with Crippen molar-refractivity contribution < 1.29 is 23.5 Å². The van der Waals surface area contributed by atoms with Gasteiger partial charge in [0.05, 0.1) is 12.1 Å². The minimum atomic E-state index is -0.695. The fraction of sp³-hybridized carbons (Fsp3) is 0.143. The number of nitrogens with two attached hydrogens (primary N) is 1. The standard InChI is InChI=1S/C21H16FN3O4/c22-14-4-2-13(3-5-14)16-8-18(21(23)28)24-17-7-12(1-6-15(16)17)9-25-19(26)10-29-11-20(25)27/h1-8H,9-11H2,(H2,23,28). The van der Waals surface area contributed by atoms with Crippen LogP contribution in [-0.2, 0) is 20.9 Å². The monoisotopic (exact) mass is 393 g/mol. The van der Waals surface area contributed by atoms with Gasteiger partial charge in [-0.25, -0.2) is 9.37 Å². The molecule has 29 heavy (non-hydrogen) atoms. The molecular weight excluding hydrogens is 377 g/mol. The first kappa shape index (κ1) is 18.7. The van der Waals surface area contributed by atoms with Crippen LogP contribution in [0.3, 0.4) is 0 Å². The molecule has 2 N–H and O–H groups in total. The lowest BCUT2D eigenvalue weighted by atomic mass is 9.98. The van der Waals surface area contributed by atoms with Gasteiger partial charge in [-0.3, -0.25) is 19.3 Å². The number of hydrogen-bond donors (Lipinski definition) is 1. The fourth-order valence-electron chi connectivity index (χ4n) is 3.25. The van der Waals surface area contributed by atoms with Gasteiger partial charge in [-0.05, 0) is 41.0 Å². The predicted molar refractivity (Wildman–Crippen MR) is 102 cm³/mol. The predicted octanol–water partition coefficient (Wildman–Crippen LogP) is 2.03. The van der Waals surface area contributed by atoms with Crippen molar-refractivity contribution in [2.75, 3.05) is 13.2 Å². The molecule has 1 aliphatic rings. The van der Waals surface area contributed by atoms with E-state index >= 15 is 0 Å². The number of morpholine rings is 1. The minimum absolute atomic E-state index is 0.0625. The number of nitrogens with zero attached hydrogens (tertiary/aromatic N) is 2. The highest BCUT2D eigenvalue weighted by Gasteiger charge is 2.26. The van der Waals surface area contributed by atoms with Crippen LogP contribution in [0.1, 0.15) is 16.1 Å². The number of aromatic nitrogens is 1. The van der Waals surface area contributed by atoms with Gasteiger partial charge in [0.2, 0.25) is 0 Å². The summed E-state index contributed by atoms with van der Waals surface area (Å²) < 4.78 is 18.2. The molecule has 0 bridgehead atoms. The van der Waals surface area contributed by atoms with Gasteiger partial charge in [0.15, 0.2) is 0 Å². The summed E-state index contributed by atoms with van der Waals surface area (Å²) in [7, 11) is 0. The maximum atomic E-state index is 13.3. The smallest absolute Gasteiger partial charge is 0.267 e. The van der Waals surface area contributed by atoms with Crippen LogP contribution in [0.2, 0.25) is 0 Å². The molecule has 3 amide bonds. The number of carbonyl (C=O) groups is 3. The molecule has 8 heteroatoms. The molecule has 0 spiro atoms. The van der Waals surface area contributed by atoms with Crippen molar-refractivity contribution in [3.63, 3.8) is 0 Å². The van der Waals surface area contributed by atoms with Crippen molar-refractivity contribution in [3.8, 4) is 11.1 Å². The maximum Gasteiger partial charge on any atom is 0.267 e. The van der Waals surface area contributed by atoms with Crippen LogP contribution < -0.4 is 5.73 Å². The summed E-state index contributed by atoms with van der Waals surface area (Å²) in [6, 6.07) is 12.7. The van der Waals surface area contributed by atoms with Crippen LogP contribution in [-0.4, -0.2) is 40.8 Å². The number of halogens is 1. The number of ether oxygens (including phenoxy) is 1. The molecule has 1 fully saturated rings. The van der Waals surface area contributed by atoms with Crippen molar-refractivity contribution in [1.82, 2.24) is 9.88 Å². The number of imide groups is 1. The molecule has 0 radical (unpaired) electrons. The zero-order valence-corrected chi connectivity index (χ0v) is 15.2. The quantitative estimate of drug-likeness (QED) is 0.683. The molecule has 2 heterocycles. The van der Waals surface area contributed by atoms with E-state index in [1.807, 2.05) is 0 Å². The Hall–Kier alpha value is -3.65. The molecule has 0 atom stereocenters. The Bertz CT molecular complexity index is 1130. The second-order valence-corrected chi connectivity index (χ2v) is 6.64. The molecule has 1 aliphatic heterocycles. The van der Waals surface area contributed by atoms with Crippen molar-refractivity contribution in [3.05, 3.63) is 65.6 Å². The van der Waals surface area contributed by atoms with E-state index in [1.54, 1.807) is 36.4 Å². The third-order valence-electron chi connectivity index (χ3n) is 4.68. The molecule has 3 aromatic rings. The van der Waals surface area contributed by atoms with Crippen LogP contribution in [0.4, 0.5) is 4.39 Å². The number of fused-ring (bicyclic) bond motifs is 1. The highest BCUT2D eigenvalue weighted by atomic mass is 19.1. The van der Waals surface area contributed by atoms with Gasteiger partial charge in [0.1, 0.15) is 24.7 Å². The van der Waals surface area contributed by atoms with E-state index in [9.17, 15) is 18.8 Å². The molecule has 1 saturated heterocycles. The molecule has 1 aromatic heterocycles. The molecule has 0 aliphatic carbocycles. The molecule has 4 rings (SSSR count). The zero-order valence-electron chi connectivity index (χ0n) is 15.2. The lowest BCUT2D eigenvalue weighted by molar-refractivity contribution is -0.159. The van der Waals surface area contributed by atoms with E-state index < -0.39 is 17.7 Å². The van der Waals surface area contributed by atoms with E-state index in [4.69, 9.17) is 10.5 Å². The Morgan fingerprint density at radius 3 is 2.41 bits per heavy atom. The van der Waals surface area contributed by atoms with Crippen LogP contribution in [0, 0.1) is 5.82 Å². The second-order valence-electron chi connectivity index (χ2n) is 6.64. The van der Waals surface area contributed by atoms with Crippen molar-refractivity contribution in [2.24, 2.45) is 5.73 Å². The number of primary amides is 1. The molecule has 146 valence electrons. The van der Waals surface area contributed by atoms with Crippen LogP contribution in [0.25, 0.3) is 22.0 Å². The molecule has 2 aromatic carbocycles. The van der Waals surface area contributed by atoms with Crippen molar-refractivity contribution in [1.29, 1.82) is 0 Å². The normalized spacial score (nSPS) is 14.4. The summed E-state index contributed by atoms with van der Waals surface area (Å²) in [6.45, 7) is -0.207. The lowest BCUT2D eigenvalue weighted by Gasteiger charge is -2.25. The molecule has 0 unspecified atom stereocenters. The summed E-state index contributed by atoms with van der Waals surface area (Å²) in [4.78, 5) is 41.1. The number of benzene rings is 2. The summed E-state index contributed by atoms with van der Waals surface area (Å²) in [5.41, 5.74) is 8.01. The van der Waals surface area contributed by atoms with Crippen LogP contribution >= 0.6 is 0 Å². The summed E-state index contributed by atoms with van der Waals surface area (Å²) >= 11 is 0. The fourth-order valence-corrected chi connectivity index (χ4v) is 3.25. The zero-order chi connectivity index (χ0) is 20.5. The Morgan fingerprint density at radius 2 is 1.76 bits per heavy atom. The van der Waals surface area contributed by atoms with E-state index in [2.05, 4.69) is 4.98 Å². The van der Waals surface area contributed by atoms with Crippen molar-refractivity contribution in [2.45, 2.75) is 6.54 Å². The van der Waals surface area contributed by atoms with Gasteiger partial charge in [-0.15, -0.1) is 0 Å². The number of pyridine rings is 1. The lowest BCUT2D eigenvalue weighted by Crippen LogP contribution is -2.45. The number of amides is 3. The van der Waals surface area contributed by atoms with Crippen molar-refractivity contribution >= 4 is 28.6 Å². The summed E-state index contributed by atoms with van der Waals surface area (Å²) in [5, 5.41) is 0.727. The Kier molecular flexibility index (Phi) is 4.77. The largest absolute Gasteiger partial charge is 0.364 e. The van der Waals surface area contributed by atoms with Gasteiger partial charge in [-0.2, -0.15) is 0 Å². The first-order chi connectivity index (χ1) is 13.9. The molecular formula is C21H16FN3O4. The highest BCUT2D eigenvalue weighted by molar-refractivity contribution is 6.01. The van der Waals surface area contributed by atoms with E-state index in [0.717, 1.165) is 10.3 Å². The number of carbonyl (C=O) groups excluding carboxylic acids is 3. The van der Waals surface area contributed by atoms with Crippen LogP contribution in [0.15, 0.2) is 48.5 Å². The average molecular weight is 393 g/mol. The van der Waals surface area contributed by atoms with Gasteiger partial charge >= 0.3 is 0 Å². The second kappa shape index (κ2) is 7.40. The van der Waals surface area contributed by atoms with E-state index in [0.29, 0.717) is 22.2 Å². The first-order valence-corrected chi connectivity index (χ1v) is 8.83. The number of rotatable bonds is 4. The summed E-state index contributed by atoms with van der Waals surface area (Å²) in [5.74, 6) is -1.89. The van der Waals surface area contributed by atoms with Gasteiger partial charge in [0, 0.05) is 5.39 Å². The van der Waals surface area contributed by atoms with Gasteiger partial charge in [0.25, 0.3) is 17.7 Å². The highest BCUT2D eigenvalue weighted by Crippen LogP contribution is 2.30. The van der Waals surface area contributed by atoms with Crippen LogP contribution in [0.5, 0.6) is 0 Å². The first-order valence-electron chi connectivity index (χ1n) is 8.83. The maximum absolute atomic E-state index is 13.3. The molecule has 7 nitrogen and oxygen atoms in total. The van der Waals surface area contributed by atoms with Gasteiger partial charge in [-0.1, -0.05) is 24.3 Å². The average Bonchev–Trinajstić information content (AvgIpc) is 2.70. The van der Waals surface area contributed by atoms with E-state index in [-0.39, 0.29) is 31.3 Å².